The van der Waals surface area contributed by atoms with Crippen LogP contribution in [0.15, 0.2) is 67.1 Å². The molecule has 4 heterocycles. The number of nitrogens with one attached hydrogen (secondary N) is 1. The zero-order valence-electron chi connectivity index (χ0n) is 17.4. The van der Waals surface area contributed by atoms with Crippen molar-refractivity contribution in [2.24, 2.45) is 9.98 Å². The maximum absolute atomic E-state index is 5.96. The van der Waals surface area contributed by atoms with Gasteiger partial charge in [-0.2, -0.15) is 0 Å². The average molecular weight is 489 g/mol. The van der Waals surface area contributed by atoms with Crippen molar-refractivity contribution in [2.45, 2.75) is 31.8 Å². The fourth-order valence-corrected chi connectivity index (χ4v) is 4.45. The number of hydrogen-bond acceptors (Lipinski definition) is 8. The van der Waals surface area contributed by atoms with Gasteiger partial charge in [-0.05, 0) is 40.8 Å². The molecule has 0 aromatic rings. The summed E-state index contributed by atoms with van der Waals surface area (Å²) in [6.07, 6.45) is 11.2. The Morgan fingerprint density at radius 3 is 3.13 bits per heavy atom. The SMILES string of the molecule is COC1=CC2=NCC3=C(N2)N1C1=C2OCOC2CC=C1C=NC(Br)=CCCCOCC3. The molecule has 1 aliphatic carbocycles. The number of amidine groups is 1. The van der Waals surface area contributed by atoms with Crippen molar-refractivity contribution in [1.82, 2.24) is 10.2 Å². The lowest BCUT2D eigenvalue weighted by Gasteiger charge is -2.39. The maximum atomic E-state index is 5.96. The monoisotopic (exact) mass is 488 g/mol. The summed E-state index contributed by atoms with van der Waals surface area (Å²) in [6, 6.07) is 0. The van der Waals surface area contributed by atoms with Gasteiger partial charge in [0.1, 0.15) is 22.4 Å². The number of rotatable bonds is 1. The van der Waals surface area contributed by atoms with Gasteiger partial charge in [0.05, 0.1) is 26.0 Å². The topological polar surface area (TPSA) is 76.9 Å². The standard InChI is InChI=1S/C22H25BrN4O4/c1-28-19-10-18-25-12-15-7-9-29-8-3-2-4-17(23)24-11-14-5-6-16-21(31-13-30-16)20(14)27(19)22(15)26-18/h4-5,10-11,16H,2-3,6-9,12-13H2,1H3,(H,25,26). The predicted molar refractivity (Wildman–Crippen MR) is 120 cm³/mol. The molecule has 0 spiro atoms. The van der Waals surface area contributed by atoms with Crippen LogP contribution in [0.1, 0.15) is 25.7 Å². The third kappa shape index (κ3) is 4.09. The van der Waals surface area contributed by atoms with Crippen molar-refractivity contribution < 1.29 is 18.9 Å². The summed E-state index contributed by atoms with van der Waals surface area (Å²) in [5.74, 6) is 3.20. The number of ether oxygens (including phenoxy) is 4. The number of hydrogen-bond donors (Lipinski definition) is 1. The van der Waals surface area contributed by atoms with E-state index in [0.717, 1.165) is 64.5 Å². The highest BCUT2D eigenvalue weighted by Gasteiger charge is 2.39. The second-order valence-corrected chi connectivity index (χ2v) is 8.43. The summed E-state index contributed by atoms with van der Waals surface area (Å²) in [7, 11) is 1.67. The minimum atomic E-state index is -0.114. The van der Waals surface area contributed by atoms with Gasteiger partial charge in [0.15, 0.2) is 12.6 Å². The number of aliphatic imine (C=N–C) groups is 2. The normalized spacial score (nSPS) is 26.3. The zero-order chi connectivity index (χ0) is 21.2. The summed E-state index contributed by atoms with van der Waals surface area (Å²) in [6.45, 7) is 2.22. The lowest BCUT2D eigenvalue weighted by atomic mass is 9.97. The molecule has 1 unspecified atom stereocenters. The first-order valence-electron chi connectivity index (χ1n) is 10.5. The van der Waals surface area contributed by atoms with Crippen LogP contribution in [0.4, 0.5) is 0 Å². The molecule has 31 heavy (non-hydrogen) atoms. The fourth-order valence-electron chi connectivity index (χ4n) is 4.12. The number of fused-ring (bicyclic) bond motifs is 4. The summed E-state index contributed by atoms with van der Waals surface area (Å²) in [5.41, 5.74) is 2.99. The Morgan fingerprint density at radius 2 is 2.23 bits per heavy atom. The Kier molecular flexibility index (Phi) is 5.97. The fraction of sp³-hybridized carbons (Fsp3) is 0.455. The van der Waals surface area contributed by atoms with E-state index in [-0.39, 0.29) is 12.9 Å². The van der Waals surface area contributed by atoms with Gasteiger partial charge >= 0.3 is 0 Å². The van der Waals surface area contributed by atoms with Crippen LogP contribution in [0.2, 0.25) is 0 Å². The molecule has 164 valence electrons. The second-order valence-electron chi connectivity index (χ2n) is 7.62. The Balaban J connectivity index is 1.65. The molecular weight excluding hydrogens is 464 g/mol. The molecule has 4 aliphatic heterocycles. The molecule has 8 nitrogen and oxygen atoms in total. The second kappa shape index (κ2) is 9.02. The van der Waals surface area contributed by atoms with E-state index >= 15 is 0 Å². The third-order valence-corrected chi connectivity index (χ3v) is 6.20. The Labute approximate surface area is 189 Å². The first-order chi connectivity index (χ1) is 15.2. The molecule has 0 aromatic heterocycles. The van der Waals surface area contributed by atoms with Gasteiger partial charge in [0.2, 0.25) is 5.88 Å². The number of nitrogens with zero attached hydrogens (tertiary/aromatic N) is 3. The molecule has 5 rings (SSSR count). The maximum Gasteiger partial charge on any atom is 0.203 e. The van der Waals surface area contributed by atoms with E-state index in [1.54, 1.807) is 7.11 Å². The van der Waals surface area contributed by atoms with Crippen LogP contribution >= 0.6 is 15.9 Å². The first-order valence-corrected chi connectivity index (χ1v) is 11.3. The van der Waals surface area contributed by atoms with Crippen molar-refractivity contribution in [3.63, 3.8) is 0 Å². The molecule has 0 radical (unpaired) electrons. The first kappa shape index (κ1) is 20.5. The molecule has 0 aromatic carbocycles. The quantitative estimate of drug-likeness (QED) is 0.569. The molecule has 1 fully saturated rings. The van der Waals surface area contributed by atoms with Gasteiger partial charge in [-0.3, -0.25) is 9.89 Å². The van der Waals surface area contributed by atoms with Crippen LogP contribution in [-0.2, 0) is 18.9 Å². The van der Waals surface area contributed by atoms with E-state index in [2.05, 4.69) is 48.3 Å². The van der Waals surface area contributed by atoms with Crippen LogP contribution in [0.5, 0.6) is 0 Å². The van der Waals surface area contributed by atoms with Crippen molar-refractivity contribution in [2.75, 3.05) is 33.7 Å². The molecule has 1 atom stereocenters. The molecule has 0 amide bonds. The lowest BCUT2D eigenvalue weighted by Crippen LogP contribution is -2.44. The molecule has 0 saturated carbocycles. The van der Waals surface area contributed by atoms with Crippen LogP contribution in [0, 0.1) is 0 Å². The highest BCUT2D eigenvalue weighted by Crippen LogP contribution is 2.39. The Morgan fingerprint density at radius 1 is 1.29 bits per heavy atom. The van der Waals surface area contributed by atoms with Crippen LogP contribution in [0.25, 0.3) is 0 Å². The summed E-state index contributed by atoms with van der Waals surface area (Å²) < 4.78 is 24.2. The van der Waals surface area contributed by atoms with Crippen LogP contribution < -0.4 is 5.32 Å². The average Bonchev–Trinajstić information content (AvgIpc) is 3.26. The van der Waals surface area contributed by atoms with Gasteiger partial charge in [-0.25, -0.2) is 4.99 Å². The molecule has 1 N–H and O–H groups in total. The van der Waals surface area contributed by atoms with Gasteiger partial charge in [0.25, 0.3) is 0 Å². The van der Waals surface area contributed by atoms with Crippen molar-refractivity contribution in [3.05, 3.63) is 57.1 Å². The number of methoxy groups -OCH3 is 1. The van der Waals surface area contributed by atoms with E-state index < -0.39 is 0 Å². The highest BCUT2D eigenvalue weighted by molar-refractivity contribution is 9.11. The summed E-state index contributed by atoms with van der Waals surface area (Å²) in [4.78, 5) is 11.4. The molecule has 2 bridgehead atoms. The smallest absolute Gasteiger partial charge is 0.203 e. The molecular formula is C22H25BrN4O4. The van der Waals surface area contributed by atoms with E-state index in [1.165, 1.54) is 0 Å². The highest BCUT2D eigenvalue weighted by atomic mass is 79.9. The number of allylic oxidation sites excluding steroid dienone is 2. The summed E-state index contributed by atoms with van der Waals surface area (Å²) in [5, 5.41) is 3.45. The summed E-state index contributed by atoms with van der Waals surface area (Å²) >= 11 is 3.56. The van der Waals surface area contributed by atoms with Gasteiger partial charge < -0.3 is 24.3 Å². The van der Waals surface area contributed by atoms with E-state index in [0.29, 0.717) is 25.6 Å². The Bertz CT molecular complexity index is 976. The minimum absolute atomic E-state index is 0.114. The third-order valence-electron chi connectivity index (χ3n) is 5.67. The van der Waals surface area contributed by atoms with E-state index in [9.17, 15) is 0 Å². The van der Waals surface area contributed by atoms with Gasteiger partial charge in [-0.15, -0.1) is 0 Å². The van der Waals surface area contributed by atoms with Crippen molar-refractivity contribution in [3.8, 4) is 0 Å². The van der Waals surface area contributed by atoms with Crippen molar-refractivity contribution >= 4 is 28.0 Å². The zero-order valence-corrected chi connectivity index (χ0v) is 19.0. The molecule has 5 aliphatic rings. The Hall–Kier alpha value is -2.36. The minimum Gasteiger partial charge on any atom is -0.482 e. The molecule has 1 saturated heterocycles. The van der Waals surface area contributed by atoms with Crippen LogP contribution in [-0.4, -0.2) is 56.7 Å². The van der Waals surface area contributed by atoms with Crippen LogP contribution in [0.3, 0.4) is 0 Å². The molecule has 9 heteroatoms. The van der Waals surface area contributed by atoms with Gasteiger partial charge in [0, 0.05) is 30.9 Å². The largest absolute Gasteiger partial charge is 0.482 e. The van der Waals surface area contributed by atoms with E-state index in [1.807, 2.05) is 12.3 Å². The van der Waals surface area contributed by atoms with Gasteiger partial charge in [-0.1, -0.05) is 12.2 Å². The predicted octanol–water partition coefficient (Wildman–Crippen LogP) is 3.43. The number of halogens is 1. The lowest BCUT2D eigenvalue weighted by molar-refractivity contribution is 0.0507. The van der Waals surface area contributed by atoms with E-state index in [4.69, 9.17) is 18.9 Å². The van der Waals surface area contributed by atoms with Crippen molar-refractivity contribution in [1.29, 1.82) is 0 Å².